The smallest absolute Gasteiger partial charge is 0.171 e. The molecule has 4 aliphatic rings. The van der Waals surface area contributed by atoms with E-state index in [1.807, 2.05) is 72.8 Å². The van der Waals surface area contributed by atoms with Crippen LogP contribution in [0, 0.1) is 17.3 Å². The predicted molar refractivity (Wildman–Crippen MR) is 227 cm³/mol. The number of fused-ring (bicyclic) bond motifs is 4. The molecule has 7 rings (SSSR count). The minimum Gasteiger partial charge on any atom is -0.389 e. The van der Waals surface area contributed by atoms with Crippen LogP contribution in [0.25, 0.3) is 0 Å². The van der Waals surface area contributed by atoms with Gasteiger partial charge in [0.2, 0.25) is 0 Å². The third-order valence-electron chi connectivity index (χ3n) is 11.4. The van der Waals surface area contributed by atoms with Gasteiger partial charge in [0.15, 0.2) is 12.9 Å². The zero-order chi connectivity index (χ0) is 29.8. The molecule has 5 atom stereocenters. The van der Waals surface area contributed by atoms with Crippen molar-refractivity contribution in [3.05, 3.63) is 126 Å². The molecule has 3 nitrogen and oxygen atoms in total. The summed E-state index contributed by atoms with van der Waals surface area (Å²) in [6.07, 6.45) is 10.5. The topological polar surface area (TPSA) is 54.4 Å². The summed E-state index contributed by atoms with van der Waals surface area (Å²) in [6.45, 7) is 6.33. The van der Waals surface area contributed by atoms with Gasteiger partial charge in [-0.25, -0.2) is 0 Å². The monoisotopic (exact) mass is 738 g/mol. The van der Waals surface area contributed by atoms with E-state index in [0.717, 1.165) is 54.4 Å². The van der Waals surface area contributed by atoms with Crippen molar-refractivity contribution >= 4 is 69.3 Å². The van der Waals surface area contributed by atoms with Gasteiger partial charge in [0, 0.05) is 33.7 Å². The van der Waals surface area contributed by atoms with E-state index in [1.165, 1.54) is 22.3 Å². The molecule has 0 spiro atoms. The lowest BCUT2D eigenvalue weighted by atomic mass is 9.51. The highest BCUT2D eigenvalue weighted by molar-refractivity contribution is 7.85. The van der Waals surface area contributed by atoms with Crippen molar-refractivity contribution in [1.29, 1.82) is 0 Å². The molecule has 3 aromatic rings. The first-order valence-corrected chi connectivity index (χ1v) is 17.6. The number of aliphatic hydroxyl groups is 1. The fourth-order valence-corrected chi connectivity index (χ4v) is 11.9. The summed E-state index contributed by atoms with van der Waals surface area (Å²) in [7, 11) is -3.07. The Morgan fingerprint density at radius 2 is 1.37 bits per heavy atom. The Hall–Kier alpha value is -2.21. The quantitative estimate of drug-likeness (QED) is 0.203. The van der Waals surface area contributed by atoms with Crippen molar-refractivity contribution in [2.45, 2.75) is 92.1 Å². The second-order valence-corrected chi connectivity index (χ2v) is 16.2. The maximum Gasteiger partial charge on any atom is 0.171 e. The van der Waals surface area contributed by atoms with E-state index in [-0.39, 0.29) is 79.9 Å². The van der Waals surface area contributed by atoms with Crippen molar-refractivity contribution in [2.75, 3.05) is 0 Å². The number of carbonyl (C=O) groups is 1. The number of ketones is 1. The second-order valence-electron chi connectivity index (χ2n) is 13.4. The highest BCUT2D eigenvalue weighted by Crippen LogP contribution is 2.67. The Morgan fingerprint density at radius 1 is 0.816 bits per heavy atom. The number of hydrogen-bond donors (Lipinski definition) is 1. The Bertz CT molecular complexity index is 1640. The van der Waals surface area contributed by atoms with E-state index >= 15 is 4.57 Å². The number of rotatable bonds is 6. The zero-order valence-corrected chi connectivity index (χ0v) is 30.4. The molecule has 7 heteroatoms. The van der Waals surface area contributed by atoms with Crippen molar-refractivity contribution in [3.8, 4) is 0 Å². The molecule has 0 aromatic heterocycles. The molecular formula is C42H59O3PS3. The Kier molecular flexibility index (Phi) is 15.9. The van der Waals surface area contributed by atoms with Crippen LogP contribution in [-0.4, -0.2) is 16.5 Å². The number of carbonyl (C=O) groups excluding carboxylic acids is 1. The van der Waals surface area contributed by atoms with Crippen molar-refractivity contribution < 1.29 is 14.5 Å². The number of benzene rings is 3. The van der Waals surface area contributed by atoms with E-state index < -0.39 is 12.7 Å². The van der Waals surface area contributed by atoms with Crippen LogP contribution in [0.3, 0.4) is 0 Å². The highest BCUT2D eigenvalue weighted by atomic mass is 32.1. The lowest BCUT2D eigenvalue weighted by Gasteiger charge is -2.55. The molecule has 2 saturated carbocycles. The summed E-state index contributed by atoms with van der Waals surface area (Å²) < 4.78 is 15.0. The minimum absolute atomic E-state index is 0. The molecule has 268 valence electrons. The summed E-state index contributed by atoms with van der Waals surface area (Å²) in [6, 6.07) is 28.2. The molecule has 0 amide bonds. The van der Waals surface area contributed by atoms with Crippen LogP contribution in [0.5, 0.6) is 0 Å². The lowest BCUT2D eigenvalue weighted by molar-refractivity contribution is -0.114. The zero-order valence-electron chi connectivity index (χ0n) is 26.5. The van der Waals surface area contributed by atoms with Crippen LogP contribution in [-0.2, 0) is 9.36 Å². The van der Waals surface area contributed by atoms with Gasteiger partial charge in [-0.05, 0) is 79.6 Å². The van der Waals surface area contributed by atoms with E-state index in [9.17, 15) is 9.90 Å². The molecule has 1 N–H and O–H groups in total. The Labute approximate surface area is 317 Å². The molecular weight excluding hydrogens is 680 g/mol. The Morgan fingerprint density at radius 3 is 1.92 bits per heavy atom. The van der Waals surface area contributed by atoms with E-state index in [4.69, 9.17) is 0 Å². The summed E-state index contributed by atoms with van der Waals surface area (Å²) in [5, 5.41) is 14.6. The highest BCUT2D eigenvalue weighted by Gasteiger charge is 2.62. The van der Waals surface area contributed by atoms with Gasteiger partial charge in [0.05, 0.1) is 5.60 Å². The molecule has 0 saturated heterocycles. The third kappa shape index (κ3) is 7.28. The van der Waals surface area contributed by atoms with Crippen LogP contribution in [0.15, 0.2) is 120 Å². The first kappa shape index (κ1) is 44.8. The summed E-state index contributed by atoms with van der Waals surface area (Å²) in [4.78, 5) is 12.4. The molecule has 4 aliphatic carbocycles. The van der Waals surface area contributed by atoms with Gasteiger partial charge < -0.3 is 9.67 Å². The maximum absolute atomic E-state index is 15.0. The molecule has 0 aliphatic heterocycles. The largest absolute Gasteiger partial charge is 0.389 e. The van der Waals surface area contributed by atoms with Crippen molar-refractivity contribution in [1.82, 2.24) is 0 Å². The molecule has 0 unspecified atom stereocenters. The van der Waals surface area contributed by atoms with Gasteiger partial charge in [0.1, 0.15) is 0 Å². The molecule has 3 aromatic carbocycles. The van der Waals surface area contributed by atoms with Gasteiger partial charge >= 0.3 is 0 Å². The number of hydrogen-bond acceptors (Lipinski definition) is 3. The van der Waals surface area contributed by atoms with Crippen LogP contribution >= 0.6 is 47.6 Å². The van der Waals surface area contributed by atoms with Gasteiger partial charge in [-0.2, -0.15) is 40.5 Å². The summed E-state index contributed by atoms with van der Waals surface area (Å²) >= 11 is 0. The average Bonchev–Trinajstić information content (AvgIpc) is 3.30. The Balaban J connectivity index is 0.00000200. The average molecular weight is 739 g/mol. The normalized spacial score (nSPS) is 26.5. The molecule has 0 radical (unpaired) electrons. The molecule has 0 heterocycles. The van der Waals surface area contributed by atoms with Gasteiger partial charge in [0.25, 0.3) is 0 Å². The maximum atomic E-state index is 15.0. The van der Waals surface area contributed by atoms with Crippen molar-refractivity contribution in [3.63, 3.8) is 0 Å². The van der Waals surface area contributed by atoms with Crippen LogP contribution in [0.2, 0.25) is 0 Å². The fourth-order valence-electron chi connectivity index (χ4n) is 9.27. The summed E-state index contributed by atoms with van der Waals surface area (Å²) in [5.41, 5.74) is 4.39. The van der Waals surface area contributed by atoms with Crippen LogP contribution in [0.4, 0.5) is 0 Å². The minimum atomic E-state index is -3.07. The van der Waals surface area contributed by atoms with Gasteiger partial charge in [-0.1, -0.05) is 126 Å². The van der Waals surface area contributed by atoms with Crippen molar-refractivity contribution in [2.24, 2.45) is 17.3 Å². The van der Waals surface area contributed by atoms with E-state index in [1.54, 1.807) is 0 Å². The standard InChI is InChI=1S/C39H41O3P.3CH4.3H2S/c1-3-23-39(41)24-22-36-34-20-16-28-25-29(40)17-21-33(28)37(34)35(26-38(36,39)2)27-14-18-32(19-15-27)43(42,30-10-6-4-7-11-30)31-12-8-5-9-13-31;;;;;;/h3-15,18-19,25,34-36,41H,1,16-17,20-24,26H2,2H3;3*1H4;3*1H2/t34-,35+,36-,38-,39-;;;;;;/m0....../s1. The first-order chi connectivity index (χ1) is 20.8. The second kappa shape index (κ2) is 17.3. The predicted octanol–water partition coefficient (Wildman–Crippen LogP) is 9.78. The van der Waals surface area contributed by atoms with Crippen LogP contribution < -0.4 is 15.9 Å². The van der Waals surface area contributed by atoms with Gasteiger partial charge in [-0.3, -0.25) is 4.79 Å². The van der Waals surface area contributed by atoms with E-state index in [2.05, 4.69) is 37.8 Å². The molecule has 49 heavy (non-hydrogen) atoms. The molecule has 2 fully saturated rings. The van der Waals surface area contributed by atoms with E-state index in [0.29, 0.717) is 24.7 Å². The van der Waals surface area contributed by atoms with Crippen LogP contribution in [0.1, 0.15) is 92.1 Å². The summed E-state index contributed by atoms with van der Waals surface area (Å²) in [5.74, 6) is 1.22. The van der Waals surface area contributed by atoms with Gasteiger partial charge in [-0.15, -0.1) is 6.58 Å². The SMILES string of the molecule is C.C.C.C=CC[C@]1(O)CC[C@H]2[C@@H]3CCC4=CC(=O)CCC4=C3[C@@H](c3ccc(P(=O)(c4ccccc4)c4ccccc4)cc3)C[C@@]21C.S.S.S. The molecule has 0 bridgehead atoms. The lowest BCUT2D eigenvalue weighted by Crippen LogP contribution is -2.51. The third-order valence-corrected chi connectivity index (χ3v) is 14.5. The number of allylic oxidation sites excluding steroid dienone is 4. The first-order valence-electron chi connectivity index (χ1n) is 15.9. The fraction of sp³-hybridized carbons (Fsp3) is 0.405.